The average molecular weight is 191 g/mol. The first-order valence-corrected chi connectivity index (χ1v) is 4.15. The minimum absolute atomic E-state index is 0.136. The van der Waals surface area contributed by atoms with Gasteiger partial charge in [0.2, 0.25) is 0 Å². The summed E-state index contributed by atoms with van der Waals surface area (Å²) in [6.45, 7) is 0.0950. The van der Waals surface area contributed by atoms with E-state index in [1.54, 1.807) is 0 Å². The number of esters is 1. The van der Waals surface area contributed by atoms with E-state index in [9.17, 15) is 4.79 Å². The maximum absolute atomic E-state index is 10.9. The molecule has 0 heterocycles. The number of aliphatic hydroxyl groups is 2. The molecule has 0 spiro atoms. The van der Waals surface area contributed by atoms with Crippen LogP contribution in [0.5, 0.6) is 0 Å². The number of hydrogen-bond donors (Lipinski definition) is 2. The molecule has 2 N–H and O–H groups in total. The first-order valence-electron chi connectivity index (χ1n) is 4.15. The van der Waals surface area contributed by atoms with Crippen molar-refractivity contribution in [2.45, 2.75) is 12.5 Å². The molecule has 0 aromatic heterocycles. The van der Waals surface area contributed by atoms with Crippen LogP contribution in [-0.4, -0.2) is 61.0 Å². The fraction of sp³-hybridized carbons (Fsp3) is 0.875. The lowest BCUT2D eigenvalue weighted by atomic mass is 10.4. The van der Waals surface area contributed by atoms with Gasteiger partial charge in [0.25, 0.3) is 0 Å². The van der Waals surface area contributed by atoms with Gasteiger partial charge < -0.3 is 19.8 Å². The summed E-state index contributed by atoms with van der Waals surface area (Å²) in [6, 6.07) is 0. The van der Waals surface area contributed by atoms with Gasteiger partial charge in [-0.2, -0.15) is 0 Å². The number of ether oxygens (including phenoxy) is 1. The molecule has 0 radical (unpaired) electrons. The molecular formula is C8H17NO4. The average Bonchev–Trinajstić information content (AvgIpc) is 2.10. The smallest absolute Gasteiger partial charge is 0.307 e. The quantitative estimate of drug-likeness (QED) is 0.518. The highest BCUT2D eigenvalue weighted by Crippen LogP contribution is 1.90. The normalized spacial score (nSPS) is 13.0. The fourth-order valence-electron chi connectivity index (χ4n) is 0.629. The summed E-state index contributed by atoms with van der Waals surface area (Å²) in [6.07, 6.45) is -0.672. The van der Waals surface area contributed by atoms with Crippen molar-refractivity contribution in [1.82, 2.24) is 4.90 Å². The molecule has 0 saturated heterocycles. The number of hydrogen-bond acceptors (Lipinski definition) is 5. The lowest BCUT2D eigenvalue weighted by Gasteiger charge is -2.10. The van der Waals surface area contributed by atoms with Gasteiger partial charge in [0.15, 0.2) is 0 Å². The van der Waals surface area contributed by atoms with E-state index in [1.807, 2.05) is 19.0 Å². The van der Waals surface area contributed by atoms with Crippen molar-refractivity contribution < 1.29 is 19.7 Å². The third-order valence-electron chi connectivity index (χ3n) is 1.41. The molecule has 0 amide bonds. The Hall–Kier alpha value is -0.650. The highest BCUT2D eigenvalue weighted by molar-refractivity contribution is 5.69. The minimum Gasteiger partial charge on any atom is -0.463 e. The Morgan fingerprint density at radius 2 is 2.15 bits per heavy atom. The van der Waals surface area contributed by atoms with Gasteiger partial charge in [-0.15, -0.1) is 0 Å². The molecule has 0 aromatic rings. The second-order valence-corrected chi connectivity index (χ2v) is 3.07. The van der Waals surface area contributed by atoms with Crippen LogP contribution < -0.4 is 0 Å². The summed E-state index contributed by atoms with van der Waals surface area (Å²) in [5.41, 5.74) is 0. The fourth-order valence-corrected chi connectivity index (χ4v) is 0.629. The van der Waals surface area contributed by atoms with Crippen LogP contribution in [0.3, 0.4) is 0 Å². The maximum atomic E-state index is 10.9. The molecule has 0 aliphatic carbocycles. The molecule has 78 valence electrons. The Morgan fingerprint density at radius 3 is 2.62 bits per heavy atom. The van der Waals surface area contributed by atoms with Gasteiger partial charge in [-0.3, -0.25) is 4.79 Å². The molecule has 0 saturated carbocycles. The molecule has 0 aliphatic rings. The van der Waals surface area contributed by atoms with Crippen molar-refractivity contribution >= 4 is 5.97 Å². The van der Waals surface area contributed by atoms with E-state index in [2.05, 4.69) is 4.74 Å². The standard InChI is InChI=1S/C8H17NO4/c1-9(2)4-3-8(12)13-6-7(11)5-10/h7,10-11H,3-6H2,1-2H3. The maximum Gasteiger partial charge on any atom is 0.307 e. The lowest BCUT2D eigenvalue weighted by Crippen LogP contribution is -2.24. The first kappa shape index (κ1) is 12.3. The van der Waals surface area contributed by atoms with E-state index in [1.165, 1.54) is 0 Å². The molecule has 1 atom stereocenters. The monoisotopic (exact) mass is 191 g/mol. The van der Waals surface area contributed by atoms with Crippen molar-refractivity contribution in [3.63, 3.8) is 0 Å². The van der Waals surface area contributed by atoms with Crippen LogP contribution in [-0.2, 0) is 9.53 Å². The van der Waals surface area contributed by atoms with Gasteiger partial charge in [-0.1, -0.05) is 0 Å². The molecular weight excluding hydrogens is 174 g/mol. The van der Waals surface area contributed by atoms with Crippen molar-refractivity contribution in [1.29, 1.82) is 0 Å². The van der Waals surface area contributed by atoms with Gasteiger partial charge in [0.1, 0.15) is 12.7 Å². The second kappa shape index (κ2) is 6.82. The molecule has 5 heteroatoms. The highest BCUT2D eigenvalue weighted by Gasteiger charge is 2.07. The largest absolute Gasteiger partial charge is 0.463 e. The number of aliphatic hydroxyl groups excluding tert-OH is 2. The zero-order valence-electron chi connectivity index (χ0n) is 8.06. The van der Waals surface area contributed by atoms with Crippen molar-refractivity contribution in [2.75, 3.05) is 33.9 Å². The van der Waals surface area contributed by atoms with Crippen LogP contribution in [0, 0.1) is 0 Å². The first-order chi connectivity index (χ1) is 6.06. The summed E-state index contributed by atoms with van der Waals surface area (Å²) >= 11 is 0. The van der Waals surface area contributed by atoms with E-state index < -0.39 is 6.10 Å². The zero-order chi connectivity index (χ0) is 10.3. The molecule has 13 heavy (non-hydrogen) atoms. The Balaban J connectivity index is 3.40. The molecule has 5 nitrogen and oxygen atoms in total. The zero-order valence-corrected chi connectivity index (χ0v) is 8.06. The second-order valence-electron chi connectivity index (χ2n) is 3.07. The van der Waals surface area contributed by atoms with E-state index in [-0.39, 0.29) is 19.2 Å². The molecule has 0 aliphatic heterocycles. The van der Waals surface area contributed by atoms with Gasteiger partial charge >= 0.3 is 5.97 Å². The van der Waals surface area contributed by atoms with Gasteiger partial charge in [-0.25, -0.2) is 0 Å². The molecule has 0 rings (SSSR count). The van der Waals surface area contributed by atoms with E-state index in [0.29, 0.717) is 13.0 Å². The third-order valence-corrected chi connectivity index (χ3v) is 1.41. The molecule has 0 fully saturated rings. The van der Waals surface area contributed by atoms with Crippen LogP contribution in [0.2, 0.25) is 0 Å². The Labute approximate surface area is 77.9 Å². The van der Waals surface area contributed by atoms with Crippen molar-refractivity contribution in [2.24, 2.45) is 0 Å². The van der Waals surface area contributed by atoms with Gasteiger partial charge in [0.05, 0.1) is 13.0 Å². The Kier molecular flexibility index (Phi) is 6.48. The SMILES string of the molecule is CN(C)CCC(=O)OCC(O)CO. The number of nitrogens with zero attached hydrogens (tertiary/aromatic N) is 1. The molecule has 0 bridgehead atoms. The van der Waals surface area contributed by atoms with Crippen LogP contribution in [0.1, 0.15) is 6.42 Å². The minimum atomic E-state index is -0.969. The summed E-state index contributed by atoms with van der Waals surface area (Å²) in [5.74, 6) is -0.360. The summed E-state index contributed by atoms with van der Waals surface area (Å²) in [7, 11) is 3.71. The number of carbonyl (C=O) groups excluding carboxylic acids is 1. The number of rotatable bonds is 6. The van der Waals surface area contributed by atoms with Crippen LogP contribution in [0.15, 0.2) is 0 Å². The number of carbonyl (C=O) groups is 1. The summed E-state index contributed by atoms with van der Waals surface area (Å²) in [4.78, 5) is 12.8. The van der Waals surface area contributed by atoms with Gasteiger partial charge in [-0.05, 0) is 14.1 Å². The molecule has 1 unspecified atom stereocenters. The van der Waals surface area contributed by atoms with Crippen LogP contribution >= 0.6 is 0 Å². The van der Waals surface area contributed by atoms with Crippen molar-refractivity contribution in [3.8, 4) is 0 Å². The van der Waals surface area contributed by atoms with Crippen molar-refractivity contribution in [3.05, 3.63) is 0 Å². The Bertz CT molecular complexity index is 149. The topological polar surface area (TPSA) is 70.0 Å². The van der Waals surface area contributed by atoms with Gasteiger partial charge in [0, 0.05) is 6.54 Å². The predicted octanol–water partition coefficient (Wildman–Crippen LogP) is -1.17. The highest BCUT2D eigenvalue weighted by atomic mass is 16.5. The molecule has 0 aromatic carbocycles. The van der Waals surface area contributed by atoms with Crippen LogP contribution in [0.4, 0.5) is 0 Å². The lowest BCUT2D eigenvalue weighted by molar-refractivity contribution is -0.147. The summed E-state index contributed by atoms with van der Waals surface area (Å²) in [5, 5.41) is 17.3. The Morgan fingerprint density at radius 1 is 1.54 bits per heavy atom. The van der Waals surface area contributed by atoms with E-state index in [4.69, 9.17) is 10.2 Å². The predicted molar refractivity (Wildman–Crippen MR) is 47.2 cm³/mol. The van der Waals surface area contributed by atoms with E-state index >= 15 is 0 Å². The summed E-state index contributed by atoms with van der Waals surface area (Å²) < 4.78 is 4.67. The third kappa shape index (κ3) is 7.70. The van der Waals surface area contributed by atoms with E-state index in [0.717, 1.165) is 0 Å². The van der Waals surface area contributed by atoms with Crippen LogP contribution in [0.25, 0.3) is 0 Å².